The van der Waals surface area contributed by atoms with Gasteiger partial charge in [-0.2, -0.15) is 0 Å². The number of carbonyl (C=O) groups excluding carboxylic acids is 1. The highest BCUT2D eigenvalue weighted by atomic mass is 35.5. The number of nitro benzene ring substituents is 1. The van der Waals surface area contributed by atoms with E-state index in [0.29, 0.717) is 38.4 Å². The molecular formula is C23H17ClN4O3. The second-order valence-electron chi connectivity index (χ2n) is 6.98. The van der Waals surface area contributed by atoms with Crippen LogP contribution in [0.2, 0.25) is 5.02 Å². The van der Waals surface area contributed by atoms with E-state index in [-0.39, 0.29) is 18.1 Å². The Hall–Kier alpha value is -3.84. The predicted octanol–water partition coefficient (Wildman–Crippen LogP) is 5.13. The summed E-state index contributed by atoms with van der Waals surface area (Å²) >= 11 is 6.22. The molecule has 2 aromatic carbocycles. The van der Waals surface area contributed by atoms with Crippen molar-refractivity contribution >= 4 is 34.1 Å². The lowest BCUT2D eigenvalue weighted by Crippen LogP contribution is -2.26. The summed E-state index contributed by atoms with van der Waals surface area (Å²) < 4.78 is 0. The van der Waals surface area contributed by atoms with Gasteiger partial charge in [-0.3, -0.25) is 19.9 Å². The molecule has 0 saturated heterocycles. The number of nitro groups is 1. The Bertz CT molecular complexity index is 1290. The van der Waals surface area contributed by atoms with Crippen LogP contribution in [0.4, 0.5) is 5.69 Å². The van der Waals surface area contributed by atoms with Gasteiger partial charge in [0.15, 0.2) is 0 Å². The lowest BCUT2D eigenvalue weighted by molar-refractivity contribution is -0.384. The van der Waals surface area contributed by atoms with Gasteiger partial charge >= 0.3 is 0 Å². The van der Waals surface area contributed by atoms with Gasteiger partial charge in [0.2, 0.25) is 0 Å². The number of hydrogen-bond acceptors (Lipinski definition) is 5. The van der Waals surface area contributed by atoms with Crippen LogP contribution in [-0.4, -0.2) is 32.7 Å². The minimum Gasteiger partial charge on any atom is -0.337 e. The molecule has 7 nitrogen and oxygen atoms in total. The van der Waals surface area contributed by atoms with Gasteiger partial charge in [-0.25, -0.2) is 4.98 Å². The number of para-hydroxylation sites is 1. The highest BCUT2D eigenvalue weighted by Gasteiger charge is 2.20. The number of halogens is 1. The van der Waals surface area contributed by atoms with Crippen LogP contribution in [0.25, 0.3) is 22.3 Å². The van der Waals surface area contributed by atoms with Crippen LogP contribution in [0.15, 0.2) is 72.9 Å². The molecule has 4 aromatic rings. The molecule has 0 aliphatic carbocycles. The second-order valence-corrected chi connectivity index (χ2v) is 7.39. The number of hydrogen-bond donors (Lipinski definition) is 0. The number of benzene rings is 2. The summed E-state index contributed by atoms with van der Waals surface area (Å²) in [4.78, 5) is 34.4. The van der Waals surface area contributed by atoms with E-state index in [1.807, 2.05) is 42.5 Å². The lowest BCUT2D eigenvalue weighted by atomic mass is 10.0. The average molecular weight is 433 g/mol. The SMILES string of the molecule is CN(Cc1cc([N+](=O)[O-])ccc1Cl)C(=O)c1cc(-c2ccccn2)nc2ccccc12. The molecule has 2 aromatic heterocycles. The Balaban J connectivity index is 1.73. The van der Waals surface area contributed by atoms with Crippen molar-refractivity contribution in [1.82, 2.24) is 14.9 Å². The summed E-state index contributed by atoms with van der Waals surface area (Å²) in [6.45, 7) is 0.120. The first kappa shape index (κ1) is 20.4. The van der Waals surface area contributed by atoms with Gasteiger partial charge in [0.1, 0.15) is 0 Å². The Morgan fingerprint density at radius 1 is 1.06 bits per heavy atom. The van der Waals surface area contributed by atoms with Crippen molar-refractivity contribution in [2.45, 2.75) is 6.54 Å². The van der Waals surface area contributed by atoms with Crippen LogP contribution in [0.3, 0.4) is 0 Å². The molecule has 4 rings (SSSR count). The zero-order chi connectivity index (χ0) is 22.0. The number of rotatable bonds is 5. The number of amides is 1. The summed E-state index contributed by atoms with van der Waals surface area (Å²) in [5.41, 5.74) is 2.81. The highest BCUT2D eigenvalue weighted by Crippen LogP contribution is 2.27. The van der Waals surface area contributed by atoms with Crippen molar-refractivity contribution in [3.8, 4) is 11.4 Å². The number of fused-ring (bicyclic) bond motifs is 1. The molecule has 0 N–H and O–H groups in total. The van der Waals surface area contributed by atoms with Crippen LogP contribution in [0.1, 0.15) is 15.9 Å². The first-order chi connectivity index (χ1) is 14.9. The van der Waals surface area contributed by atoms with E-state index in [4.69, 9.17) is 11.6 Å². The summed E-state index contributed by atoms with van der Waals surface area (Å²) in [6, 6.07) is 18.8. The molecule has 8 heteroatoms. The molecule has 0 bridgehead atoms. The van der Waals surface area contributed by atoms with Crippen LogP contribution < -0.4 is 0 Å². The Labute approximate surface area is 183 Å². The van der Waals surface area contributed by atoms with E-state index in [2.05, 4.69) is 9.97 Å². The summed E-state index contributed by atoms with van der Waals surface area (Å²) in [5.74, 6) is -0.252. The van der Waals surface area contributed by atoms with E-state index < -0.39 is 4.92 Å². The first-order valence-electron chi connectivity index (χ1n) is 9.43. The topological polar surface area (TPSA) is 89.2 Å². The zero-order valence-electron chi connectivity index (χ0n) is 16.5. The van der Waals surface area contributed by atoms with Gasteiger partial charge < -0.3 is 4.90 Å². The van der Waals surface area contributed by atoms with Crippen molar-refractivity contribution in [2.75, 3.05) is 7.05 Å². The van der Waals surface area contributed by atoms with E-state index in [0.717, 1.165) is 0 Å². The van der Waals surface area contributed by atoms with Crippen LogP contribution in [-0.2, 0) is 6.54 Å². The zero-order valence-corrected chi connectivity index (χ0v) is 17.3. The molecular weight excluding hydrogens is 416 g/mol. The minimum absolute atomic E-state index is 0.0768. The molecule has 2 heterocycles. The third kappa shape index (κ3) is 4.22. The molecule has 0 atom stereocenters. The van der Waals surface area contributed by atoms with Gasteiger partial charge in [-0.05, 0) is 35.9 Å². The molecule has 1 amide bonds. The Morgan fingerprint density at radius 2 is 1.84 bits per heavy atom. The van der Waals surface area contributed by atoms with Crippen molar-refractivity contribution in [1.29, 1.82) is 0 Å². The fraction of sp³-hybridized carbons (Fsp3) is 0.0870. The van der Waals surface area contributed by atoms with Crippen molar-refractivity contribution in [3.63, 3.8) is 0 Å². The summed E-state index contributed by atoms with van der Waals surface area (Å²) in [6.07, 6.45) is 1.67. The molecule has 0 spiro atoms. The summed E-state index contributed by atoms with van der Waals surface area (Å²) in [5, 5.41) is 12.2. The number of non-ortho nitro benzene ring substituents is 1. The molecule has 0 saturated carbocycles. The Morgan fingerprint density at radius 3 is 2.58 bits per heavy atom. The molecule has 0 unspecified atom stereocenters. The average Bonchev–Trinajstić information content (AvgIpc) is 2.79. The molecule has 154 valence electrons. The van der Waals surface area contributed by atoms with E-state index in [1.54, 1.807) is 19.3 Å². The third-order valence-electron chi connectivity index (χ3n) is 4.87. The first-order valence-corrected chi connectivity index (χ1v) is 9.81. The minimum atomic E-state index is -0.489. The third-order valence-corrected chi connectivity index (χ3v) is 5.24. The molecule has 0 radical (unpaired) electrons. The van der Waals surface area contributed by atoms with Gasteiger partial charge in [0, 0.05) is 42.3 Å². The summed E-state index contributed by atoms with van der Waals surface area (Å²) in [7, 11) is 1.63. The van der Waals surface area contributed by atoms with Gasteiger partial charge in [0.25, 0.3) is 11.6 Å². The van der Waals surface area contributed by atoms with Crippen LogP contribution >= 0.6 is 11.6 Å². The number of carbonyl (C=O) groups is 1. The van der Waals surface area contributed by atoms with Gasteiger partial charge in [0.05, 0.1) is 27.4 Å². The molecule has 0 aliphatic heterocycles. The van der Waals surface area contributed by atoms with Crippen molar-refractivity contribution in [3.05, 3.63) is 99.2 Å². The van der Waals surface area contributed by atoms with E-state index in [1.165, 1.54) is 23.1 Å². The second kappa shape index (κ2) is 8.49. The normalized spacial score (nSPS) is 10.8. The lowest BCUT2D eigenvalue weighted by Gasteiger charge is -2.19. The van der Waals surface area contributed by atoms with Crippen LogP contribution in [0.5, 0.6) is 0 Å². The van der Waals surface area contributed by atoms with E-state index in [9.17, 15) is 14.9 Å². The van der Waals surface area contributed by atoms with Crippen LogP contribution in [0, 0.1) is 10.1 Å². The van der Waals surface area contributed by atoms with Gasteiger partial charge in [-0.1, -0.05) is 35.9 Å². The predicted molar refractivity (Wildman–Crippen MR) is 119 cm³/mol. The molecule has 0 aliphatic rings. The quantitative estimate of drug-likeness (QED) is 0.322. The smallest absolute Gasteiger partial charge is 0.269 e. The molecule has 0 fully saturated rings. The van der Waals surface area contributed by atoms with Gasteiger partial charge in [-0.15, -0.1) is 0 Å². The fourth-order valence-electron chi connectivity index (χ4n) is 3.33. The maximum atomic E-state index is 13.4. The standard InChI is InChI=1S/C23H17ClN4O3/c1-27(14-15-12-16(28(30)31)9-10-19(15)24)23(29)18-13-22(21-8-4-5-11-25-21)26-20-7-3-2-6-17(18)20/h2-13H,14H2,1H3. The number of pyridine rings is 2. The Kier molecular flexibility index (Phi) is 5.60. The van der Waals surface area contributed by atoms with Crippen molar-refractivity contribution in [2.24, 2.45) is 0 Å². The maximum absolute atomic E-state index is 13.4. The van der Waals surface area contributed by atoms with Crippen molar-refractivity contribution < 1.29 is 9.72 Å². The largest absolute Gasteiger partial charge is 0.337 e. The highest BCUT2D eigenvalue weighted by molar-refractivity contribution is 6.31. The number of aromatic nitrogens is 2. The van der Waals surface area contributed by atoms with E-state index >= 15 is 0 Å². The molecule has 31 heavy (non-hydrogen) atoms. The monoisotopic (exact) mass is 432 g/mol. The maximum Gasteiger partial charge on any atom is 0.269 e. The fourth-order valence-corrected chi connectivity index (χ4v) is 3.50. The number of nitrogens with zero attached hydrogens (tertiary/aromatic N) is 4.